The van der Waals surface area contributed by atoms with E-state index in [1.807, 2.05) is 24.3 Å². The van der Waals surface area contributed by atoms with Gasteiger partial charge in [-0.1, -0.05) is 23.4 Å². The Kier molecular flexibility index (Phi) is 4.57. The lowest BCUT2D eigenvalue weighted by atomic mass is 10.1. The SMILES string of the molecule is CC(=O)OC[C@H]1OCc2ccccc2-n2nncc2[C@H]1OC(C)=O. The summed E-state index contributed by atoms with van der Waals surface area (Å²) in [4.78, 5) is 22.7. The molecule has 2 aromatic rings. The number of para-hydroxylation sites is 1. The molecule has 0 fully saturated rings. The summed E-state index contributed by atoms with van der Waals surface area (Å²) in [5, 5.41) is 8.03. The molecule has 2 atom stereocenters. The maximum atomic E-state index is 11.5. The van der Waals surface area contributed by atoms with Crippen LogP contribution in [0.1, 0.15) is 31.2 Å². The Morgan fingerprint density at radius 3 is 2.83 bits per heavy atom. The second-order valence-electron chi connectivity index (χ2n) is 5.38. The number of carbonyl (C=O) groups is 2. The predicted molar refractivity (Wildman–Crippen MR) is 81.1 cm³/mol. The van der Waals surface area contributed by atoms with Crippen molar-refractivity contribution in [3.8, 4) is 5.69 Å². The van der Waals surface area contributed by atoms with Crippen LogP contribution < -0.4 is 0 Å². The molecule has 1 aromatic carbocycles. The van der Waals surface area contributed by atoms with Crippen molar-refractivity contribution in [3.63, 3.8) is 0 Å². The van der Waals surface area contributed by atoms with Gasteiger partial charge < -0.3 is 14.2 Å². The molecule has 2 heterocycles. The molecule has 0 amide bonds. The predicted octanol–water partition coefficient (Wildman–Crippen LogP) is 1.33. The zero-order chi connectivity index (χ0) is 17.1. The minimum Gasteiger partial charge on any atom is -0.463 e. The molecule has 3 rings (SSSR count). The third-order valence-electron chi connectivity index (χ3n) is 3.62. The topological polar surface area (TPSA) is 92.5 Å². The van der Waals surface area contributed by atoms with Crippen molar-refractivity contribution < 1.29 is 23.8 Å². The van der Waals surface area contributed by atoms with Crippen molar-refractivity contribution in [1.82, 2.24) is 15.0 Å². The molecule has 0 radical (unpaired) electrons. The van der Waals surface area contributed by atoms with E-state index in [9.17, 15) is 9.59 Å². The van der Waals surface area contributed by atoms with E-state index in [2.05, 4.69) is 10.3 Å². The number of nitrogens with zero attached hydrogens (tertiary/aromatic N) is 3. The van der Waals surface area contributed by atoms with Gasteiger partial charge in [0.05, 0.1) is 18.5 Å². The molecule has 8 heteroatoms. The molecule has 1 aliphatic rings. The molecule has 0 saturated carbocycles. The average Bonchev–Trinajstić information content (AvgIpc) is 3.00. The maximum absolute atomic E-state index is 11.5. The van der Waals surface area contributed by atoms with Crippen LogP contribution in [0.15, 0.2) is 30.5 Å². The molecule has 1 aliphatic heterocycles. The number of carbonyl (C=O) groups excluding carboxylic acids is 2. The van der Waals surface area contributed by atoms with Crippen LogP contribution >= 0.6 is 0 Å². The molecule has 0 spiro atoms. The lowest BCUT2D eigenvalue weighted by Crippen LogP contribution is -2.34. The molecule has 0 bridgehead atoms. The number of benzene rings is 1. The van der Waals surface area contributed by atoms with Crippen molar-refractivity contribution in [1.29, 1.82) is 0 Å². The lowest BCUT2D eigenvalue weighted by molar-refractivity contribution is -0.166. The monoisotopic (exact) mass is 331 g/mol. The minimum absolute atomic E-state index is 0.0410. The van der Waals surface area contributed by atoms with Crippen molar-refractivity contribution in [2.45, 2.75) is 32.7 Å². The van der Waals surface area contributed by atoms with Gasteiger partial charge in [0.15, 0.2) is 6.10 Å². The van der Waals surface area contributed by atoms with Gasteiger partial charge in [-0.15, -0.1) is 5.10 Å². The molecule has 0 saturated heterocycles. The van der Waals surface area contributed by atoms with Gasteiger partial charge in [-0.2, -0.15) is 0 Å². The highest BCUT2D eigenvalue weighted by molar-refractivity contribution is 5.66. The Morgan fingerprint density at radius 2 is 2.08 bits per heavy atom. The summed E-state index contributed by atoms with van der Waals surface area (Å²) in [7, 11) is 0. The number of aromatic nitrogens is 3. The largest absolute Gasteiger partial charge is 0.463 e. The standard InChI is InChI=1S/C16H17N3O5/c1-10(20)22-9-15-16(24-11(2)21)14-7-17-18-19(14)13-6-4-3-5-12(13)8-23-15/h3-7,15-16H,8-9H2,1-2H3/t15-,16-/m1/s1. The third-order valence-corrected chi connectivity index (χ3v) is 3.62. The van der Waals surface area contributed by atoms with E-state index in [1.54, 1.807) is 4.68 Å². The zero-order valence-corrected chi connectivity index (χ0v) is 13.3. The molecule has 8 nitrogen and oxygen atoms in total. The number of esters is 2. The van der Waals surface area contributed by atoms with Crippen molar-refractivity contribution in [3.05, 3.63) is 41.7 Å². The van der Waals surface area contributed by atoms with E-state index < -0.39 is 24.1 Å². The summed E-state index contributed by atoms with van der Waals surface area (Å²) in [6.45, 7) is 2.84. The molecular weight excluding hydrogens is 314 g/mol. The fourth-order valence-corrected chi connectivity index (χ4v) is 2.59. The van der Waals surface area contributed by atoms with Crippen LogP contribution in [0.3, 0.4) is 0 Å². The van der Waals surface area contributed by atoms with Gasteiger partial charge in [0.2, 0.25) is 0 Å². The van der Waals surface area contributed by atoms with E-state index in [-0.39, 0.29) is 13.2 Å². The van der Waals surface area contributed by atoms with Gasteiger partial charge in [-0.05, 0) is 6.07 Å². The Labute approximate surface area is 138 Å². The Bertz CT molecular complexity index is 758. The summed E-state index contributed by atoms with van der Waals surface area (Å²) >= 11 is 0. The second kappa shape index (κ2) is 6.79. The Morgan fingerprint density at radius 1 is 1.29 bits per heavy atom. The van der Waals surface area contributed by atoms with Crippen LogP contribution in [0.2, 0.25) is 0 Å². The first-order valence-corrected chi connectivity index (χ1v) is 7.47. The lowest BCUT2D eigenvalue weighted by Gasteiger charge is -2.29. The molecule has 24 heavy (non-hydrogen) atoms. The quantitative estimate of drug-likeness (QED) is 0.783. The van der Waals surface area contributed by atoms with Crippen LogP contribution in [0.25, 0.3) is 5.69 Å². The Balaban J connectivity index is 2.03. The fraction of sp³-hybridized carbons (Fsp3) is 0.375. The highest BCUT2D eigenvalue weighted by Gasteiger charge is 2.34. The smallest absolute Gasteiger partial charge is 0.303 e. The maximum Gasteiger partial charge on any atom is 0.303 e. The van der Waals surface area contributed by atoms with E-state index in [0.29, 0.717) is 5.69 Å². The zero-order valence-electron chi connectivity index (χ0n) is 13.3. The molecule has 126 valence electrons. The van der Waals surface area contributed by atoms with Crippen molar-refractivity contribution in [2.75, 3.05) is 6.61 Å². The second-order valence-corrected chi connectivity index (χ2v) is 5.38. The van der Waals surface area contributed by atoms with Gasteiger partial charge in [0.1, 0.15) is 18.4 Å². The highest BCUT2D eigenvalue weighted by atomic mass is 16.6. The van der Waals surface area contributed by atoms with Gasteiger partial charge in [0, 0.05) is 19.4 Å². The van der Waals surface area contributed by atoms with Crippen LogP contribution in [0.4, 0.5) is 0 Å². The molecule has 0 N–H and O–H groups in total. The summed E-state index contributed by atoms with van der Waals surface area (Å²) < 4.78 is 18.0. The first-order valence-electron chi connectivity index (χ1n) is 7.47. The fourth-order valence-electron chi connectivity index (χ4n) is 2.59. The van der Waals surface area contributed by atoms with Gasteiger partial charge in [-0.3, -0.25) is 9.59 Å². The summed E-state index contributed by atoms with van der Waals surface area (Å²) in [5.74, 6) is -0.910. The van der Waals surface area contributed by atoms with E-state index in [0.717, 1.165) is 11.3 Å². The summed E-state index contributed by atoms with van der Waals surface area (Å²) in [6.07, 6.45) is 0.0634. The summed E-state index contributed by atoms with van der Waals surface area (Å²) in [5.41, 5.74) is 2.25. The first kappa shape index (κ1) is 16.1. The summed E-state index contributed by atoms with van der Waals surface area (Å²) in [6, 6.07) is 7.57. The van der Waals surface area contributed by atoms with Crippen molar-refractivity contribution >= 4 is 11.9 Å². The highest BCUT2D eigenvalue weighted by Crippen LogP contribution is 2.30. The third kappa shape index (κ3) is 3.28. The number of hydrogen-bond donors (Lipinski definition) is 0. The van der Waals surface area contributed by atoms with E-state index >= 15 is 0 Å². The number of ether oxygens (including phenoxy) is 3. The van der Waals surface area contributed by atoms with Crippen LogP contribution in [0, 0.1) is 0 Å². The molecule has 1 aromatic heterocycles. The van der Waals surface area contributed by atoms with Gasteiger partial charge in [-0.25, -0.2) is 4.68 Å². The number of hydrogen-bond acceptors (Lipinski definition) is 7. The van der Waals surface area contributed by atoms with Crippen LogP contribution in [-0.2, 0) is 30.4 Å². The molecular formula is C16H17N3O5. The van der Waals surface area contributed by atoms with Crippen LogP contribution in [-0.4, -0.2) is 39.6 Å². The normalized spacial score (nSPS) is 19.4. The van der Waals surface area contributed by atoms with E-state index in [4.69, 9.17) is 14.2 Å². The van der Waals surface area contributed by atoms with Crippen LogP contribution in [0.5, 0.6) is 0 Å². The number of fused-ring (bicyclic) bond motifs is 3. The average molecular weight is 331 g/mol. The molecule has 0 aliphatic carbocycles. The minimum atomic E-state index is -0.787. The first-order chi connectivity index (χ1) is 11.6. The van der Waals surface area contributed by atoms with Crippen molar-refractivity contribution in [2.24, 2.45) is 0 Å². The van der Waals surface area contributed by atoms with Gasteiger partial charge in [0.25, 0.3) is 0 Å². The van der Waals surface area contributed by atoms with Gasteiger partial charge >= 0.3 is 11.9 Å². The number of rotatable bonds is 3. The molecule has 0 unspecified atom stereocenters. The Hall–Kier alpha value is -2.74. The van der Waals surface area contributed by atoms with E-state index in [1.165, 1.54) is 20.0 Å².